The molecule has 0 N–H and O–H groups in total. The molecule has 0 saturated carbocycles. The standard InChI is InChI=1S/C52H28N4OS2/c1-2-10-27(11-3-1)29-14-8-15-33-31-21-20-28(26-39(31)57-50(29)33)48-43-34-13-5-7-19-40(34)59-51(43)54-52(53-48)56-37-18-9-17-36-44(37)45-38(56)23-25-41-46(45)47-42(58-41)24-22-32-30-12-4-6-16-35(30)55(36)49(32)47/h1-14,16-26,33H,15H2. The van der Waals surface area contributed by atoms with Crippen LogP contribution in [0, 0.1) is 0 Å². The molecule has 0 fully saturated rings. The van der Waals surface area contributed by atoms with Crippen molar-refractivity contribution in [2.45, 2.75) is 12.3 Å². The number of nitrogens with zero attached hydrogens (tertiary/aromatic N) is 4. The molecule has 2 aliphatic rings. The lowest BCUT2D eigenvalue weighted by molar-refractivity contribution is 0.429. The predicted molar refractivity (Wildman–Crippen MR) is 246 cm³/mol. The second-order valence-electron chi connectivity index (χ2n) is 16.0. The average molecular weight is 789 g/mol. The summed E-state index contributed by atoms with van der Waals surface area (Å²) in [6.07, 6.45) is 5.42. The summed E-state index contributed by atoms with van der Waals surface area (Å²) >= 11 is 3.62. The number of para-hydroxylation sites is 1. The van der Waals surface area contributed by atoms with Gasteiger partial charge in [0, 0.05) is 79.8 Å². The number of fused-ring (bicyclic) bond motifs is 10. The van der Waals surface area contributed by atoms with E-state index in [-0.39, 0.29) is 5.92 Å². The fourth-order valence-electron chi connectivity index (χ4n) is 10.6. The van der Waals surface area contributed by atoms with Crippen LogP contribution in [0.1, 0.15) is 23.5 Å². The molecule has 0 radical (unpaired) electrons. The first-order chi connectivity index (χ1) is 29.3. The van der Waals surface area contributed by atoms with Gasteiger partial charge in [0.15, 0.2) is 0 Å². The van der Waals surface area contributed by atoms with E-state index in [0.717, 1.165) is 56.0 Å². The van der Waals surface area contributed by atoms with E-state index in [1.165, 1.54) is 79.5 Å². The largest absolute Gasteiger partial charge is 0.460 e. The van der Waals surface area contributed by atoms with Crippen molar-refractivity contribution in [1.82, 2.24) is 18.9 Å². The highest BCUT2D eigenvalue weighted by molar-refractivity contribution is 7.26. The minimum atomic E-state index is 0.191. The molecule has 0 amide bonds. The van der Waals surface area contributed by atoms with Crippen molar-refractivity contribution in [2.24, 2.45) is 0 Å². The van der Waals surface area contributed by atoms with Gasteiger partial charge in [-0.1, -0.05) is 103 Å². The molecule has 1 unspecified atom stereocenters. The molecule has 0 saturated heterocycles. The fourth-order valence-corrected chi connectivity index (χ4v) is 12.8. The van der Waals surface area contributed by atoms with Crippen molar-refractivity contribution in [3.63, 3.8) is 0 Å². The number of rotatable bonds is 3. The summed E-state index contributed by atoms with van der Waals surface area (Å²) in [6, 6.07) is 50.8. The van der Waals surface area contributed by atoms with E-state index in [4.69, 9.17) is 14.7 Å². The number of hydrogen-bond acceptors (Lipinski definition) is 5. The Bertz CT molecular complexity index is 4030. The lowest BCUT2D eigenvalue weighted by Gasteiger charge is -2.17. The first-order valence-electron chi connectivity index (χ1n) is 20.1. The zero-order valence-electron chi connectivity index (χ0n) is 31.2. The quantitative estimate of drug-likeness (QED) is 0.179. The molecule has 6 aromatic heterocycles. The minimum Gasteiger partial charge on any atom is -0.460 e. The van der Waals surface area contributed by atoms with Gasteiger partial charge in [-0.3, -0.25) is 4.57 Å². The maximum atomic E-state index is 6.85. The first-order valence-corrected chi connectivity index (χ1v) is 21.7. The van der Waals surface area contributed by atoms with Crippen LogP contribution in [0.5, 0.6) is 5.75 Å². The van der Waals surface area contributed by atoms with Gasteiger partial charge in [0.25, 0.3) is 0 Å². The molecule has 7 heteroatoms. The summed E-state index contributed by atoms with van der Waals surface area (Å²) in [4.78, 5) is 12.1. The minimum absolute atomic E-state index is 0.191. The Morgan fingerprint density at radius 3 is 2.31 bits per heavy atom. The molecule has 0 bridgehead atoms. The van der Waals surface area contributed by atoms with Crippen molar-refractivity contribution in [1.29, 1.82) is 0 Å². The summed E-state index contributed by atoms with van der Waals surface area (Å²) in [5, 5.41) is 9.98. The Morgan fingerprint density at radius 1 is 0.559 bits per heavy atom. The molecule has 15 rings (SSSR count). The molecular formula is C52H28N4OS2. The maximum absolute atomic E-state index is 6.85. The van der Waals surface area contributed by atoms with Gasteiger partial charge in [-0.15, -0.1) is 22.7 Å². The van der Waals surface area contributed by atoms with E-state index in [9.17, 15) is 0 Å². The maximum Gasteiger partial charge on any atom is 0.236 e. The summed E-state index contributed by atoms with van der Waals surface area (Å²) in [7, 11) is 0. The third-order valence-corrected chi connectivity index (χ3v) is 15.2. The van der Waals surface area contributed by atoms with Gasteiger partial charge < -0.3 is 9.14 Å². The smallest absolute Gasteiger partial charge is 0.236 e. The summed E-state index contributed by atoms with van der Waals surface area (Å²) < 4.78 is 15.5. The molecule has 274 valence electrons. The van der Waals surface area contributed by atoms with Crippen LogP contribution >= 0.6 is 22.7 Å². The van der Waals surface area contributed by atoms with E-state index in [0.29, 0.717) is 5.95 Å². The Balaban J connectivity index is 1.03. The number of thiophene rings is 2. The Morgan fingerprint density at radius 2 is 1.36 bits per heavy atom. The average Bonchev–Trinajstić information content (AvgIpc) is 4.08. The number of benzene rings is 7. The van der Waals surface area contributed by atoms with Crippen LogP contribution in [0.15, 0.2) is 157 Å². The second-order valence-corrected chi connectivity index (χ2v) is 18.1. The van der Waals surface area contributed by atoms with Gasteiger partial charge in [0.1, 0.15) is 16.3 Å². The van der Waals surface area contributed by atoms with Gasteiger partial charge in [0.2, 0.25) is 5.95 Å². The highest BCUT2D eigenvalue weighted by Crippen LogP contribution is 2.52. The zero-order chi connectivity index (χ0) is 38.1. The van der Waals surface area contributed by atoms with Crippen LogP contribution in [0.25, 0.3) is 112 Å². The molecule has 59 heavy (non-hydrogen) atoms. The third kappa shape index (κ3) is 3.85. The lowest BCUT2D eigenvalue weighted by Crippen LogP contribution is -2.05. The molecule has 1 aliphatic carbocycles. The number of hydrogen-bond donors (Lipinski definition) is 0. The Hall–Kier alpha value is -7.06. The molecular weight excluding hydrogens is 761 g/mol. The van der Waals surface area contributed by atoms with Crippen LogP contribution in [0.4, 0.5) is 0 Å². The first kappa shape index (κ1) is 31.0. The van der Waals surface area contributed by atoms with E-state index < -0.39 is 0 Å². The Kier molecular flexibility index (Phi) is 5.73. The second kappa shape index (κ2) is 10.9. The van der Waals surface area contributed by atoms with Crippen molar-refractivity contribution in [3.05, 3.63) is 169 Å². The van der Waals surface area contributed by atoms with Gasteiger partial charge in [0.05, 0.1) is 33.3 Å². The molecule has 7 aromatic carbocycles. The fraction of sp³-hybridized carbons (Fsp3) is 0.0385. The van der Waals surface area contributed by atoms with Crippen molar-refractivity contribution in [3.8, 4) is 23.0 Å². The molecule has 7 heterocycles. The summed E-state index contributed by atoms with van der Waals surface area (Å²) in [5.41, 5.74) is 11.4. The van der Waals surface area contributed by atoms with Crippen LogP contribution < -0.4 is 4.74 Å². The highest BCUT2D eigenvalue weighted by atomic mass is 32.1. The molecule has 1 atom stereocenters. The van der Waals surface area contributed by atoms with Crippen LogP contribution in [-0.2, 0) is 0 Å². The molecule has 13 aromatic rings. The summed E-state index contributed by atoms with van der Waals surface area (Å²) in [6.45, 7) is 0. The third-order valence-electron chi connectivity index (χ3n) is 13.0. The molecule has 0 spiro atoms. The van der Waals surface area contributed by atoms with Gasteiger partial charge in [-0.2, -0.15) is 0 Å². The van der Waals surface area contributed by atoms with E-state index in [1.807, 2.05) is 11.3 Å². The van der Waals surface area contributed by atoms with Crippen molar-refractivity contribution >= 4 is 118 Å². The number of aromatic nitrogens is 4. The summed E-state index contributed by atoms with van der Waals surface area (Å²) in [5.74, 6) is 2.80. The monoisotopic (exact) mass is 788 g/mol. The highest BCUT2D eigenvalue weighted by Gasteiger charge is 2.34. The number of allylic oxidation sites excluding steroid dienone is 4. The lowest BCUT2D eigenvalue weighted by atomic mass is 9.86. The molecule has 5 nitrogen and oxygen atoms in total. The van der Waals surface area contributed by atoms with E-state index >= 15 is 0 Å². The van der Waals surface area contributed by atoms with Gasteiger partial charge >= 0.3 is 0 Å². The van der Waals surface area contributed by atoms with Crippen molar-refractivity contribution < 1.29 is 4.74 Å². The van der Waals surface area contributed by atoms with Crippen LogP contribution in [-0.4, -0.2) is 18.9 Å². The van der Waals surface area contributed by atoms with Crippen LogP contribution in [0.3, 0.4) is 0 Å². The predicted octanol–water partition coefficient (Wildman–Crippen LogP) is 14.3. The SMILES string of the molecule is C1=CC(c2ccccc2)=C2Oc3cc(-c4nc(-n5c6ccc7sc8ccc9c%10ccccc%10n%10c%11cccc5c%11c6c7c8c9%10)nc5sc6ccccc6c45)ccc3C2C1. The Labute approximate surface area is 343 Å². The van der Waals surface area contributed by atoms with E-state index in [2.05, 4.69) is 161 Å². The molecule has 1 aliphatic heterocycles. The van der Waals surface area contributed by atoms with Gasteiger partial charge in [-0.25, -0.2) is 9.97 Å². The van der Waals surface area contributed by atoms with Crippen molar-refractivity contribution in [2.75, 3.05) is 0 Å². The van der Waals surface area contributed by atoms with E-state index in [1.54, 1.807) is 11.3 Å². The topological polar surface area (TPSA) is 44.4 Å². The van der Waals surface area contributed by atoms with Gasteiger partial charge in [-0.05, 0) is 60.5 Å². The van der Waals surface area contributed by atoms with Crippen LogP contribution in [0.2, 0.25) is 0 Å². The number of ether oxygens (including phenoxy) is 1. The zero-order valence-corrected chi connectivity index (χ0v) is 32.9. The normalized spacial score (nSPS) is 15.6.